The first-order chi connectivity index (χ1) is 9.20. The van der Waals surface area contributed by atoms with Gasteiger partial charge in [-0.3, -0.25) is 4.79 Å². The Morgan fingerprint density at radius 3 is 2.50 bits per heavy atom. The SMILES string of the molecule is COC1OC(C)C(C#N)(SC)CC1OC(=O)C(C)(C)C. The van der Waals surface area contributed by atoms with Crippen molar-refractivity contribution in [3.05, 3.63) is 0 Å². The van der Waals surface area contributed by atoms with Gasteiger partial charge in [0.15, 0.2) is 12.4 Å². The second kappa shape index (κ2) is 6.33. The van der Waals surface area contributed by atoms with E-state index in [-0.39, 0.29) is 12.1 Å². The number of hydrogen-bond donors (Lipinski definition) is 0. The van der Waals surface area contributed by atoms with Crippen LogP contribution in [-0.2, 0) is 19.0 Å². The van der Waals surface area contributed by atoms with Crippen molar-refractivity contribution in [2.24, 2.45) is 5.41 Å². The second-order valence-electron chi connectivity index (χ2n) is 5.99. The molecule has 4 unspecified atom stereocenters. The third-order valence-electron chi connectivity index (χ3n) is 3.46. The van der Waals surface area contributed by atoms with Crippen molar-refractivity contribution < 1.29 is 19.0 Å². The van der Waals surface area contributed by atoms with Crippen LogP contribution in [-0.4, -0.2) is 42.6 Å². The summed E-state index contributed by atoms with van der Waals surface area (Å²) in [5.74, 6) is -0.323. The zero-order valence-electron chi connectivity index (χ0n) is 12.9. The van der Waals surface area contributed by atoms with Gasteiger partial charge >= 0.3 is 5.97 Å². The summed E-state index contributed by atoms with van der Waals surface area (Å²) in [6.45, 7) is 7.20. The van der Waals surface area contributed by atoms with Crippen LogP contribution in [0.15, 0.2) is 0 Å². The van der Waals surface area contributed by atoms with E-state index < -0.39 is 22.6 Å². The van der Waals surface area contributed by atoms with E-state index >= 15 is 0 Å². The quantitative estimate of drug-likeness (QED) is 0.745. The zero-order valence-corrected chi connectivity index (χ0v) is 13.7. The zero-order chi connectivity index (χ0) is 15.6. The molecule has 0 radical (unpaired) electrons. The normalized spacial score (nSPS) is 34.4. The minimum atomic E-state index is -0.724. The molecule has 5 nitrogen and oxygen atoms in total. The van der Waals surface area contributed by atoms with Crippen molar-refractivity contribution in [1.29, 1.82) is 5.26 Å². The lowest BCUT2D eigenvalue weighted by Gasteiger charge is -2.43. The van der Waals surface area contributed by atoms with Crippen LogP contribution in [0.2, 0.25) is 0 Å². The highest BCUT2D eigenvalue weighted by Crippen LogP contribution is 2.40. The van der Waals surface area contributed by atoms with Gasteiger partial charge in [0.1, 0.15) is 4.75 Å². The highest BCUT2D eigenvalue weighted by Gasteiger charge is 2.49. The van der Waals surface area contributed by atoms with Crippen LogP contribution in [0.25, 0.3) is 0 Å². The number of esters is 1. The molecule has 1 heterocycles. The minimum absolute atomic E-state index is 0.294. The van der Waals surface area contributed by atoms with Gasteiger partial charge in [-0.2, -0.15) is 5.26 Å². The number of thioether (sulfide) groups is 1. The Labute approximate surface area is 124 Å². The summed E-state index contributed by atoms with van der Waals surface area (Å²) in [7, 11) is 1.51. The minimum Gasteiger partial charge on any atom is -0.456 e. The van der Waals surface area contributed by atoms with Crippen molar-refractivity contribution in [1.82, 2.24) is 0 Å². The lowest BCUT2D eigenvalue weighted by atomic mass is 9.92. The molecule has 1 aliphatic rings. The Bertz CT molecular complexity index is 401. The summed E-state index contributed by atoms with van der Waals surface area (Å²) < 4.78 is 15.8. The summed E-state index contributed by atoms with van der Waals surface area (Å²) in [6, 6.07) is 2.29. The molecule has 20 heavy (non-hydrogen) atoms. The van der Waals surface area contributed by atoms with E-state index in [4.69, 9.17) is 14.2 Å². The lowest BCUT2D eigenvalue weighted by molar-refractivity contribution is -0.241. The Balaban J connectivity index is 2.92. The lowest BCUT2D eigenvalue weighted by Crippen LogP contribution is -2.54. The fourth-order valence-corrected chi connectivity index (χ4v) is 2.82. The van der Waals surface area contributed by atoms with Crippen molar-refractivity contribution in [2.45, 2.75) is 57.4 Å². The van der Waals surface area contributed by atoms with Gasteiger partial charge in [0.2, 0.25) is 0 Å². The fraction of sp³-hybridized carbons (Fsp3) is 0.857. The van der Waals surface area contributed by atoms with Crippen molar-refractivity contribution >= 4 is 17.7 Å². The largest absolute Gasteiger partial charge is 0.456 e. The van der Waals surface area contributed by atoms with Gasteiger partial charge in [-0.15, -0.1) is 11.8 Å². The first-order valence-corrected chi connectivity index (χ1v) is 7.78. The number of carbonyl (C=O) groups excluding carboxylic acids is 1. The summed E-state index contributed by atoms with van der Waals surface area (Å²) in [5.41, 5.74) is -0.601. The molecule has 1 saturated heterocycles. The smallest absolute Gasteiger partial charge is 0.311 e. The van der Waals surface area contributed by atoms with Crippen molar-refractivity contribution in [2.75, 3.05) is 13.4 Å². The molecule has 1 aliphatic heterocycles. The first kappa shape index (κ1) is 17.3. The van der Waals surface area contributed by atoms with Gasteiger partial charge in [-0.25, -0.2) is 0 Å². The fourth-order valence-electron chi connectivity index (χ4n) is 2.01. The maximum absolute atomic E-state index is 12.0. The first-order valence-electron chi connectivity index (χ1n) is 6.56. The Hall–Kier alpha value is -0.770. The standard InChI is InChI=1S/C14H23NO4S/c1-9-14(8-15,20-6)7-10(11(17-5)18-9)19-12(16)13(2,3)4/h9-11H,7H2,1-6H3. The Morgan fingerprint density at radius 1 is 1.50 bits per heavy atom. The van der Waals surface area contributed by atoms with Gasteiger partial charge in [0, 0.05) is 13.5 Å². The summed E-state index contributed by atoms with van der Waals surface area (Å²) >= 11 is 1.42. The Morgan fingerprint density at radius 2 is 2.10 bits per heavy atom. The molecule has 0 aromatic carbocycles. The predicted octanol–water partition coefficient (Wildman–Crippen LogP) is 2.35. The molecule has 4 atom stereocenters. The van der Waals surface area contributed by atoms with Gasteiger partial charge in [-0.1, -0.05) is 0 Å². The molecule has 0 saturated carbocycles. The summed E-state index contributed by atoms with van der Waals surface area (Å²) in [4.78, 5) is 12.0. The highest BCUT2D eigenvalue weighted by molar-refractivity contribution is 8.00. The monoisotopic (exact) mass is 301 g/mol. The van der Waals surface area contributed by atoms with Crippen LogP contribution in [0.5, 0.6) is 0 Å². The van der Waals surface area contributed by atoms with E-state index in [1.165, 1.54) is 18.9 Å². The molecular weight excluding hydrogens is 278 g/mol. The van der Waals surface area contributed by atoms with Gasteiger partial charge < -0.3 is 14.2 Å². The van der Waals surface area contributed by atoms with Crippen LogP contribution in [0.1, 0.15) is 34.1 Å². The van der Waals surface area contributed by atoms with Gasteiger partial charge in [0.25, 0.3) is 0 Å². The highest BCUT2D eigenvalue weighted by atomic mass is 32.2. The second-order valence-corrected chi connectivity index (χ2v) is 7.12. The van der Waals surface area contributed by atoms with E-state index in [1.54, 1.807) is 20.8 Å². The van der Waals surface area contributed by atoms with Crippen molar-refractivity contribution in [3.8, 4) is 6.07 Å². The molecule has 114 valence electrons. The number of hydrogen-bond acceptors (Lipinski definition) is 6. The molecule has 0 N–H and O–H groups in total. The molecule has 6 heteroatoms. The van der Waals surface area contributed by atoms with Crippen LogP contribution in [0, 0.1) is 16.7 Å². The molecular formula is C14H23NO4S. The van der Waals surface area contributed by atoms with Crippen LogP contribution in [0.4, 0.5) is 0 Å². The maximum atomic E-state index is 12.0. The number of carbonyl (C=O) groups is 1. The van der Waals surface area contributed by atoms with E-state index in [2.05, 4.69) is 6.07 Å². The average Bonchev–Trinajstić information content (AvgIpc) is 2.39. The average molecular weight is 301 g/mol. The number of rotatable bonds is 3. The van der Waals surface area contributed by atoms with E-state index in [1.807, 2.05) is 13.2 Å². The van der Waals surface area contributed by atoms with Crippen LogP contribution < -0.4 is 0 Å². The third kappa shape index (κ3) is 3.46. The molecule has 1 rings (SSSR count). The number of nitrogens with zero attached hydrogens (tertiary/aromatic N) is 1. The summed E-state index contributed by atoms with van der Waals surface area (Å²) in [6.07, 6.45) is 0.752. The molecule has 0 aliphatic carbocycles. The van der Waals surface area contributed by atoms with E-state index in [9.17, 15) is 10.1 Å². The Kier molecular flexibility index (Phi) is 5.47. The number of nitriles is 1. The van der Waals surface area contributed by atoms with Gasteiger partial charge in [0.05, 0.1) is 17.6 Å². The molecule has 0 aromatic rings. The number of methoxy groups -OCH3 is 1. The van der Waals surface area contributed by atoms with Crippen molar-refractivity contribution in [3.63, 3.8) is 0 Å². The molecule has 0 spiro atoms. The number of ether oxygens (including phenoxy) is 3. The molecule has 0 amide bonds. The molecule has 0 aromatic heterocycles. The maximum Gasteiger partial charge on any atom is 0.311 e. The third-order valence-corrected chi connectivity index (χ3v) is 4.78. The van der Waals surface area contributed by atoms with Crippen LogP contribution in [0.3, 0.4) is 0 Å². The van der Waals surface area contributed by atoms with Crippen LogP contribution >= 0.6 is 11.8 Å². The summed E-state index contributed by atoms with van der Waals surface area (Å²) in [5, 5.41) is 9.45. The van der Waals surface area contributed by atoms with Gasteiger partial charge in [-0.05, 0) is 34.0 Å². The van der Waals surface area contributed by atoms with E-state index in [0.29, 0.717) is 6.42 Å². The van der Waals surface area contributed by atoms with E-state index in [0.717, 1.165) is 0 Å². The topological polar surface area (TPSA) is 68.6 Å². The molecule has 1 fully saturated rings. The predicted molar refractivity (Wildman–Crippen MR) is 77.2 cm³/mol. The molecule has 0 bridgehead atoms.